The Hall–Kier alpha value is -3.29. The van der Waals surface area contributed by atoms with E-state index in [1.54, 1.807) is 12.1 Å². The van der Waals surface area contributed by atoms with Crippen LogP contribution in [0.5, 0.6) is 0 Å². The minimum atomic E-state index is -0.344. The van der Waals surface area contributed by atoms with E-state index in [1.165, 1.54) is 13.1 Å². The largest absolute Gasteiger partial charge is 0.347 e. The molecule has 3 aromatic rings. The number of hydrogen-bond acceptors (Lipinski definition) is 6. The van der Waals surface area contributed by atoms with Gasteiger partial charge in [-0.2, -0.15) is 4.98 Å². The van der Waals surface area contributed by atoms with Crippen LogP contribution in [0.1, 0.15) is 31.1 Å². The number of H-pyrrole nitrogens is 1. The van der Waals surface area contributed by atoms with Crippen LogP contribution in [-0.2, 0) is 4.79 Å². The average molecular weight is 338 g/mol. The molecule has 0 aliphatic rings. The summed E-state index contributed by atoms with van der Waals surface area (Å²) in [7, 11) is 0. The molecule has 128 valence electrons. The van der Waals surface area contributed by atoms with Gasteiger partial charge in [-0.3, -0.25) is 14.6 Å². The Morgan fingerprint density at radius 3 is 2.80 bits per heavy atom. The molecular formula is C17H18N6O2. The summed E-state index contributed by atoms with van der Waals surface area (Å²) in [6.45, 7) is 5.13. The molecule has 8 heteroatoms. The van der Waals surface area contributed by atoms with Crippen LogP contribution < -0.4 is 16.2 Å². The number of nitrogens with one attached hydrogen (secondary N) is 3. The summed E-state index contributed by atoms with van der Waals surface area (Å²) < 4.78 is 0. The van der Waals surface area contributed by atoms with Crippen molar-refractivity contribution >= 4 is 28.7 Å². The highest BCUT2D eigenvalue weighted by Crippen LogP contribution is 2.17. The quantitative estimate of drug-likeness (QED) is 0.672. The van der Waals surface area contributed by atoms with Gasteiger partial charge in [0.2, 0.25) is 11.9 Å². The number of aryl methyl sites for hydroxylation is 1. The molecule has 8 nitrogen and oxygen atoms in total. The molecule has 0 aliphatic carbocycles. The van der Waals surface area contributed by atoms with Crippen LogP contribution in [0.15, 0.2) is 35.3 Å². The Morgan fingerprint density at radius 2 is 2.04 bits per heavy atom. The van der Waals surface area contributed by atoms with Gasteiger partial charge >= 0.3 is 0 Å². The summed E-state index contributed by atoms with van der Waals surface area (Å²) in [6.07, 6.45) is 1.53. The first-order valence-electron chi connectivity index (χ1n) is 7.80. The number of anilines is 2. The van der Waals surface area contributed by atoms with Crippen molar-refractivity contribution in [3.05, 3.63) is 52.1 Å². The van der Waals surface area contributed by atoms with E-state index in [0.29, 0.717) is 22.8 Å². The highest BCUT2D eigenvalue weighted by molar-refractivity contribution is 5.87. The van der Waals surface area contributed by atoms with Crippen LogP contribution in [0.4, 0.5) is 11.8 Å². The molecule has 0 radical (unpaired) electrons. The maximum atomic E-state index is 12.3. The second-order valence-corrected chi connectivity index (χ2v) is 5.75. The van der Waals surface area contributed by atoms with Crippen LogP contribution in [-0.4, -0.2) is 25.8 Å². The van der Waals surface area contributed by atoms with E-state index < -0.39 is 0 Å². The van der Waals surface area contributed by atoms with Gasteiger partial charge in [-0.1, -0.05) is 0 Å². The van der Waals surface area contributed by atoms with Gasteiger partial charge in [0.05, 0.1) is 17.1 Å². The highest BCUT2D eigenvalue weighted by Gasteiger charge is 2.13. The SMILES string of the molecule is CC(=O)Nc1ccnc(N[C@@H](C)c2cc3nc(C)ccc3[nH]c2=O)n1. The monoisotopic (exact) mass is 338 g/mol. The van der Waals surface area contributed by atoms with Gasteiger partial charge in [-0.25, -0.2) is 4.98 Å². The molecule has 0 bridgehead atoms. The van der Waals surface area contributed by atoms with E-state index in [-0.39, 0.29) is 17.5 Å². The minimum absolute atomic E-state index is 0.198. The third kappa shape index (κ3) is 3.79. The molecule has 0 fully saturated rings. The van der Waals surface area contributed by atoms with Crippen LogP contribution in [0.25, 0.3) is 11.0 Å². The van der Waals surface area contributed by atoms with E-state index in [9.17, 15) is 9.59 Å². The lowest BCUT2D eigenvalue weighted by Crippen LogP contribution is -2.20. The van der Waals surface area contributed by atoms with Crippen molar-refractivity contribution in [1.29, 1.82) is 0 Å². The van der Waals surface area contributed by atoms with E-state index in [4.69, 9.17) is 0 Å². The molecule has 0 unspecified atom stereocenters. The lowest BCUT2D eigenvalue weighted by Gasteiger charge is -2.14. The highest BCUT2D eigenvalue weighted by atomic mass is 16.1. The van der Waals surface area contributed by atoms with E-state index in [1.807, 2.05) is 26.0 Å². The average Bonchev–Trinajstić information content (AvgIpc) is 2.54. The Balaban J connectivity index is 1.89. The summed E-state index contributed by atoms with van der Waals surface area (Å²) in [6, 6.07) is 6.69. The third-order valence-corrected chi connectivity index (χ3v) is 3.64. The zero-order valence-electron chi connectivity index (χ0n) is 14.1. The van der Waals surface area contributed by atoms with Crippen molar-refractivity contribution in [2.75, 3.05) is 10.6 Å². The van der Waals surface area contributed by atoms with E-state index in [0.717, 1.165) is 11.2 Å². The molecule has 1 atom stereocenters. The lowest BCUT2D eigenvalue weighted by atomic mass is 10.1. The fourth-order valence-electron chi connectivity index (χ4n) is 2.47. The molecule has 1 amide bonds. The molecule has 0 aromatic carbocycles. The Morgan fingerprint density at radius 1 is 1.24 bits per heavy atom. The number of carbonyl (C=O) groups excluding carboxylic acids is 1. The van der Waals surface area contributed by atoms with Gasteiger partial charge in [-0.15, -0.1) is 0 Å². The molecule has 3 rings (SSSR count). The molecule has 3 aromatic heterocycles. The summed E-state index contributed by atoms with van der Waals surface area (Å²) in [4.78, 5) is 39.1. The van der Waals surface area contributed by atoms with Crippen molar-refractivity contribution in [2.24, 2.45) is 0 Å². The second-order valence-electron chi connectivity index (χ2n) is 5.75. The van der Waals surface area contributed by atoms with Gasteiger partial charge in [0, 0.05) is 24.4 Å². The maximum Gasteiger partial charge on any atom is 0.253 e. The fourth-order valence-corrected chi connectivity index (χ4v) is 2.47. The van der Waals surface area contributed by atoms with Gasteiger partial charge in [-0.05, 0) is 38.1 Å². The Labute approximate surface area is 143 Å². The Bertz CT molecular complexity index is 998. The lowest BCUT2D eigenvalue weighted by molar-refractivity contribution is -0.114. The zero-order valence-corrected chi connectivity index (χ0v) is 14.1. The molecule has 0 saturated heterocycles. The second kappa shape index (κ2) is 6.68. The molecule has 0 aliphatic heterocycles. The van der Waals surface area contributed by atoms with Crippen molar-refractivity contribution in [3.63, 3.8) is 0 Å². The first kappa shape index (κ1) is 16.6. The maximum absolute atomic E-state index is 12.3. The third-order valence-electron chi connectivity index (χ3n) is 3.64. The number of amides is 1. The summed E-state index contributed by atoms with van der Waals surface area (Å²) in [5.41, 5.74) is 2.61. The Kier molecular flexibility index (Phi) is 4.42. The van der Waals surface area contributed by atoms with Gasteiger partial charge < -0.3 is 15.6 Å². The number of aromatic amines is 1. The first-order chi connectivity index (χ1) is 11.9. The van der Waals surface area contributed by atoms with Crippen molar-refractivity contribution < 1.29 is 4.79 Å². The number of pyridine rings is 2. The summed E-state index contributed by atoms with van der Waals surface area (Å²) in [5, 5.41) is 5.66. The smallest absolute Gasteiger partial charge is 0.253 e. The molecule has 0 spiro atoms. The minimum Gasteiger partial charge on any atom is -0.347 e. The predicted molar refractivity (Wildman–Crippen MR) is 95.5 cm³/mol. The summed E-state index contributed by atoms with van der Waals surface area (Å²) in [5.74, 6) is 0.488. The van der Waals surface area contributed by atoms with Crippen LogP contribution in [0.3, 0.4) is 0 Å². The molecule has 25 heavy (non-hydrogen) atoms. The van der Waals surface area contributed by atoms with Gasteiger partial charge in [0.25, 0.3) is 5.56 Å². The molecule has 3 heterocycles. The van der Waals surface area contributed by atoms with Crippen LogP contribution >= 0.6 is 0 Å². The van der Waals surface area contributed by atoms with Gasteiger partial charge in [0.1, 0.15) is 5.82 Å². The topological polar surface area (TPSA) is 113 Å². The van der Waals surface area contributed by atoms with Gasteiger partial charge in [0.15, 0.2) is 0 Å². The summed E-state index contributed by atoms with van der Waals surface area (Å²) >= 11 is 0. The van der Waals surface area contributed by atoms with Crippen LogP contribution in [0.2, 0.25) is 0 Å². The molecule has 3 N–H and O–H groups in total. The van der Waals surface area contributed by atoms with Crippen molar-refractivity contribution in [2.45, 2.75) is 26.8 Å². The number of carbonyl (C=O) groups is 1. The number of aromatic nitrogens is 4. The van der Waals surface area contributed by atoms with E-state index >= 15 is 0 Å². The standard InChI is InChI=1S/C17H18N6O2/c1-9-4-5-13-14(19-9)8-12(16(25)22-13)10(2)20-17-18-7-6-15(23-17)21-11(3)24/h4-8,10H,1-3H3,(H,22,25)(H2,18,20,21,23,24)/t10-/m0/s1. The normalized spacial score (nSPS) is 12.0. The van der Waals surface area contributed by atoms with E-state index in [2.05, 4.69) is 30.6 Å². The number of fused-ring (bicyclic) bond motifs is 1. The van der Waals surface area contributed by atoms with Crippen molar-refractivity contribution in [3.8, 4) is 0 Å². The first-order valence-corrected chi connectivity index (χ1v) is 7.80. The predicted octanol–water partition coefficient (Wildman–Crippen LogP) is 2.15. The zero-order chi connectivity index (χ0) is 18.0. The fraction of sp³-hybridized carbons (Fsp3) is 0.235. The van der Waals surface area contributed by atoms with Crippen molar-refractivity contribution in [1.82, 2.24) is 19.9 Å². The number of rotatable bonds is 4. The number of hydrogen-bond donors (Lipinski definition) is 3. The molecular weight excluding hydrogens is 320 g/mol. The van der Waals surface area contributed by atoms with Crippen LogP contribution in [0, 0.1) is 6.92 Å². The molecule has 0 saturated carbocycles. The number of nitrogens with zero attached hydrogens (tertiary/aromatic N) is 3.